The summed E-state index contributed by atoms with van der Waals surface area (Å²) in [5.41, 5.74) is 5.51. The van der Waals surface area contributed by atoms with Crippen molar-refractivity contribution in [1.29, 1.82) is 0 Å². The first-order chi connectivity index (χ1) is 5.66. The van der Waals surface area contributed by atoms with Gasteiger partial charge in [-0.1, -0.05) is 0 Å². The van der Waals surface area contributed by atoms with E-state index in [1.54, 1.807) is 0 Å². The summed E-state index contributed by atoms with van der Waals surface area (Å²) >= 11 is 0. The number of aliphatic hydroxyl groups is 1. The highest BCUT2D eigenvalue weighted by Gasteiger charge is 2.18. The van der Waals surface area contributed by atoms with Gasteiger partial charge >= 0.3 is 0 Å². The molecule has 0 aromatic carbocycles. The Balaban J connectivity index is 2.97. The van der Waals surface area contributed by atoms with Gasteiger partial charge < -0.3 is 10.8 Å². The Morgan fingerprint density at radius 1 is 1.25 bits per heavy atom. The molecule has 1 aliphatic rings. The molecule has 0 saturated heterocycles. The molecule has 0 spiro atoms. The Bertz CT molecular complexity index is 289. The number of allylic oxidation sites excluding steroid dienone is 2. The van der Waals surface area contributed by atoms with Crippen LogP contribution in [0.1, 0.15) is 6.42 Å². The topological polar surface area (TPSA) is 80.4 Å². The van der Waals surface area contributed by atoms with Gasteiger partial charge in [0.15, 0.2) is 5.78 Å². The van der Waals surface area contributed by atoms with Gasteiger partial charge in [0.1, 0.15) is 0 Å². The molecule has 12 heavy (non-hydrogen) atoms. The zero-order chi connectivity index (χ0) is 9.14. The molecule has 4 nitrogen and oxygen atoms in total. The molecule has 0 amide bonds. The average Bonchev–Trinajstić information content (AvgIpc) is 2.06. The van der Waals surface area contributed by atoms with Crippen LogP contribution in [0, 0.1) is 0 Å². The van der Waals surface area contributed by atoms with Gasteiger partial charge in [-0.2, -0.15) is 0 Å². The van der Waals surface area contributed by atoms with Gasteiger partial charge in [-0.05, 0) is 12.2 Å². The number of nitrogens with two attached hydrogens (primary N) is 1. The van der Waals surface area contributed by atoms with Crippen molar-refractivity contribution in [3.8, 4) is 0 Å². The van der Waals surface area contributed by atoms with E-state index < -0.39 is 0 Å². The summed E-state index contributed by atoms with van der Waals surface area (Å²) in [5.74, 6) is -0.654. The second kappa shape index (κ2) is 3.32. The lowest BCUT2D eigenvalue weighted by Crippen LogP contribution is -2.21. The van der Waals surface area contributed by atoms with Gasteiger partial charge in [-0.25, -0.2) is 0 Å². The van der Waals surface area contributed by atoms with E-state index in [4.69, 9.17) is 10.8 Å². The molecule has 1 aliphatic carbocycles. The maximum atomic E-state index is 11.1. The fourth-order valence-corrected chi connectivity index (χ4v) is 0.993. The number of rotatable bonds is 2. The summed E-state index contributed by atoms with van der Waals surface area (Å²) in [5, 5.41) is 8.56. The summed E-state index contributed by atoms with van der Waals surface area (Å²) < 4.78 is 0. The lowest BCUT2D eigenvalue weighted by atomic mass is 9.98. The molecule has 3 N–H and O–H groups in total. The predicted octanol–water partition coefficient (Wildman–Crippen LogP) is -0.710. The van der Waals surface area contributed by atoms with Crippen LogP contribution in [0.15, 0.2) is 23.4 Å². The number of carbonyl (C=O) groups is 2. The van der Waals surface area contributed by atoms with Crippen molar-refractivity contribution in [2.24, 2.45) is 5.73 Å². The molecule has 0 heterocycles. The van der Waals surface area contributed by atoms with Crippen LogP contribution >= 0.6 is 0 Å². The van der Waals surface area contributed by atoms with E-state index in [-0.39, 0.29) is 35.9 Å². The minimum absolute atomic E-state index is 0.0449. The van der Waals surface area contributed by atoms with Gasteiger partial charge in [0.2, 0.25) is 5.78 Å². The molecule has 0 saturated carbocycles. The molecule has 0 atom stereocenters. The summed E-state index contributed by atoms with van der Waals surface area (Å²) in [6.07, 6.45) is 2.45. The lowest BCUT2D eigenvalue weighted by molar-refractivity contribution is -0.115. The Hall–Kier alpha value is -1.42. The van der Waals surface area contributed by atoms with E-state index >= 15 is 0 Å². The largest absolute Gasteiger partial charge is 0.396 e. The molecule has 0 aliphatic heterocycles. The number of hydrogen-bond acceptors (Lipinski definition) is 4. The molecule has 0 bridgehead atoms. The first-order valence-electron chi connectivity index (χ1n) is 3.53. The van der Waals surface area contributed by atoms with Crippen LogP contribution in [0.4, 0.5) is 0 Å². The van der Waals surface area contributed by atoms with Crippen molar-refractivity contribution in [3.63, 3.8) is 0 Å². The van der Waals surface area contributed by atoms with Crippen molar-refractivity contribution >= 4 is 11.6 Å². The van der Waals surface area contributed by atoms with Crippen LogP contribution < -0.4 is 5.73 Å². The van der Waals surface area contributed by atoms with Crippen molar-refractivity contribution in [3.05, 3.63) is 23.4 Å². The van der Waals surface area contributed by atoms with Gasteiger partial charge in [-0.15, -0.1) is 0 Å². The van der Waals surface area contributed by atoms with Gasteiger partial charge in [0.05, 0.1) is 5.70 Å². The highest BCUT2D eigenvalue weighted by molar-refractivity contribution is 6.19. The number of aliphatic hydroxyl groups excluding tert-OH is 1. The Kier molecular flexibility index (Phi) is 2.40. The number of hydrogen-bond donors (Lipinski definition) is 2. The summed E-state index contributed by atoms with van der Waals surface area (Å²) in [6.45, 7) is -0.178. The number of ketones is 2. The van der Waals surface area contributed by atoms with Crippen LogP contribution in [0.25, 0.3) is 0 Å². The summed E-state index contributed by atoms with van der Waals surface area (Å²) in [4.78, 5) is 22.0. The van der Waals surface area contributed by atoms with Crippen molar-refractivity contribution in [1.82, 2.24) is 0 Å². The molecule has 0 aromatic heterocycles. The van der Waals surface area contributed by atoms with Crippen molar-refractivity contribution in [2.75, 3.05) is 6.61 Å². The van der Waals surface area contributed by atoms with Crippen LogP contribution in [0.5, 0.6) is 0 Å². The highest BCUT2D eigenvalue weighted by Crippen LogP contribution is 2.12. The van der Waals surface area contributed by atoms with Gasteiger partial charge in [-0.3, -0.25) is 9.59 Å². The molecule has 0 radical (unpaired) electrons. The second-order valence-corrected chi connectivity index (χ2v) is 2.43. The maximum absolute atomic E-state index is 11.1. The van der Waals surface area contributed by atoms with Crippen molar-refractivity contribution in [2.45, 2.75) is 6.42 Å². The van der Waals surface area contributed by atoms with Crippen molar-refractivity contribution < 1.29 is 14.7 Å². The quantitative estimate of drug-likeness (QED) is 0.532. The standard InChI is InChI=1S/C8H9NO3/c9-8-5(3-4-10)6(11)1-2-7(8)12/h1-2,10H,3-4,9H2. The predicted molar refractivity (Wildman–Crippen MR) is 42.1 cm³/mol. The van der Waals surface area contributed by atoms with Crippen LogP contribution in [0.3, 0.4) is 0 Å². The molecule has 1 rings (SSSR count). The monoisotopic (exact) mass is 167 g/mol. The molecular formula is C8H9NO3. The first kappa shape index (κ1) is 8.67. The minimum atomic E-state index is -0.363. The molecule has 64 valence electrons. The second-order valence-electron chi connectivity index (χ2n) is 2.43. The highest BCUT2D eigenvalue weighted by atomic mass is 16.3. The third kappa shape index (κ3) is 1.43. The molecular weight excluding hydrogens is 158 g/mol. The molecule has 0 fully saturated rings. The van der Waals surface area contributed by atoms with Gasteiger partial charge in [0, 0.05) is 18.6 Å². The third-order valence-corrected chi connectivity index (χ3v) is 1.64. The minimum Gasteiger partial charge on any atom is -0.396 e. The average molecular weight is 167 g/mol. The summed E-state index contributed by atoms with van der Waals surface area (Å²) in [6, 6.07) is 0. The lowest BCUT2D eigenvalue weighted by Gasteiger charge is -2.08. The fraction of sp³-hybridized carbons (Fsp3) is 0.250. The molecule has 4 heteroatoms. The van der Waals surface area contributed by atoms with E-state index in [1.165, 1.54) is 6.08 Å². The van der Waals surface area contributed by atoms with E-state index in [9.17, 15) is 9.59 Å². The molecule has 0 aromatic rings. The van der Waals surface area contributed by atoms with Crippen LogP contribution in [-0.2, 0) is 9.59 Å². The Labute approximate surface area is 69.4 Å². The zero-order valence-electron chi connectivity index (χ0n) is 6.41. The smallest absolute Gasteiger partial charge is 0.202 e. The summed E-state index contributed by atoms with van der Waals surface area (Å²) in [7, 11) is 0. The van der Waals surface area contributed by atoms with Crippen LogP contribution in [0.2, 0.25) is 0 Å². The Morgan fingerprint density at radius 2 is 1.83 bits per heavy atom. The van der Waals surface area contributed by atoms with E-state index in [0.29, 0.717) is 0 Å². The van der Waals surface area contributed by atoms with E-state index in [1.807, 2.05) is 0 Å². The Morgan fingerprint density at radius 3 is 2.42 bits per heavy atom. The fourth-order valence-electron chi connectivity index (χ4n) is 0.993. The van der Waals surface area contributed by atoms with E-state index in [0.717, 1.165) is 6.08 Å². The van der Waals surface area contributed by atoms with E-state index in [2.05, 4.69) is 0 Å². The maximum Gasteiger partial charge on any atom is 0.202 e. The molecule has 0 unspecified atom stereocenters. The zero-order valence-corrected chi connectivity index (χ0v) is 6.41. The SMILES string of the molecule is NC1=C(CCO)C(=O)C=CC1=O. The van der Waals surface area contributed by atoms with Crippen LogP contribution in [-0.4, -0.2) is 23.3 Å². The number of carbonyl (C=O) groups excluding carboxylic acids is 2. The third-order valence-electron chi connectivity index (χ3n) is 1.64. The van der Waals surface area contributed by atoms with Gasteiger partial charge in [0.25, 0.3) is 0 Å². The first-order valence-corrected chi connectivity index (χ1v) is 3.53. The normalized spacial score (nSPS) is 17.4.